The number of benzene rings is 2. The van der Waals surface area contributed by atoms with Gasteiger partial charge in [0.1, 0.15) is 0 Å². The Morgan fingerprint density at radius 2 is 1.78 bits per heavy atom. The van der Waals surface area contributed by atoms with Crippen LogP contribution in [-0.2, 0) is 26.0 Å². The van der Waals surface area contributed by atoms with Gasteiger partial charge in [0.25, 0.3) is 5.91 Å². The summed E-state index contributed by atoms with van der Waals surface area (Å²) in [6, 6.07) is 8.19. The van der Waals surface area contributed by atoms with Crippen LogP contribution in [0.5, 0.6) is 0 Å². The van der Waals surface area contributed by atoms with Crippen LogP contribution in [0.25, 0.3) is 0 Å². The van der Waals surface area contributed by atoms with Gasteiger partial charge in [-0.3, -0.25) is 4.79 Å². The third-order valence-corrected chi connectivity index (χ3v) is 8.33. The number of hydrogen-bond donors (Lipinski definition) is 2. The molecule has 1 amide bonds. The van der Waals surface area contributed by atoms with Gasteiger partial charge >= 0.3 is 6.18 Å². The maximum atomic E-state index is 12.7. The van der Waals surface area contributed by atoms with Crippen LogP contribution >= 0.6 is 0 Å². The zero-order valence-electron chi connectivity index (χ0n) is 16.9. The van der Waals surface area contributed by atoms with Crippen LogP contribution in [0.3, 0.4) is 0 Å². The number of nitrogens with one attached hydrogen (secondary N) is 2. The molecule has 1 aliphatic rings. The van der Waals surface area contributed by atoms with E-state index in [0.717, 1.165) is 18.2 Å². The predicted molar refractivity (Wildman–Crippen MR) is 111 cm³/mol. The lowest BCUT2D eigenvalue weighted by molar-refractivity contribution is -0.137. The highest BCUT2D eigenvalue weighted by Crippen LogP contribution is 2.30. The third kappa shape index (κ3) is 5.87. The number of hydrogen-bond acceptors (Lipinski definition) is 5. The van der Waals surface area contributed by atoms with Gasteiger partial charge in [-0.2, -0.15) is 13.2 Å². The highest BCUT2D eigenvalue weighted by atomic mass is 32.2. The normalized spacial score (nSPS) is 19.4. The Kier molecular flexibility index (Phi) is 6.68. The molecule has 1 aliphatic heterocycles. The minimum absolute atomic E-state index is 0.0330. The second kappa shape index (κ2) is 8.83. The van der Waals surface area contributed by atoms with E-state index >= 15 is 0 Å². The molecule has 0 bridgehead atoms. The molecule has 0 aliphatic carbocycles. The van der Waals surface area contributed by atoms with Crippen molar-refractivity contribution in [3.63, 3.8) is 0 Å². The van der Waals surface area contributed by atoms with E-state index in [2.05, 4.69) is 10.0 Å². The molecule has 0 aromatic heterocycles. The molecule has 3 rings (SSSR count). The van der Waals surface area contributed by atoms with Crippen LogP contribution in [0.1, 0.15) is 40.9 Å². The monoisotopic (exact) mass is 490 g/mol. The van der Waals surface area contributed by atoms with E-state index in [4.69, 9.17) is 0 Å². The van der Waals surface area contributed by atoms with Crippen molar-refractivity contribution < 1.29 is 34.8 Å². The first kappa shape index (κ1) is 24.2. The minimum atomic E-state index is -4.46. The van der Waals surface area contributed by atoms with Crippen molar-refractivity contribution >= 4 is 25.8 Å². The number of carbonyl (C=O) groups excluding carboxylic acids is 1. The van der Waals surface area contributed by atoms with Gasteiger partial charge in [0.15, 0.2) is 9.84 Å². The van der Waals surface area contributed by atoms with Gasteiger partial charge in [0.2, 0.25) is 10.0 Å². The SMILES string of the molecule is CC(NC(=O)c1cccc(S(=O)(=O)NC2CCS(=O)(=O)C2)c1)c1ccc(C(F)(F)F)cc1. The van der Waals surface area contributed by atoms with Crippen LogP contribution in [0, 0.1) is 0 Å². The van der Waals surface area contributed by atoms with E-state index in [1.54, 1.807) is 6.92 Å². The fraction of sp³-hybridized carbons (Fsp3) is 0.350. The summed E-state index contributed by atoms with van der Waals surface area (Å²) in [7, 11) is -7.33. The first-order valence-corrected chi connectivity index (χ1v) is 12.9. The Hall–Kier alpha value is -2.44. The van der Waals surface area contributed by atoms with Crippen molar-refractivity contribution in [3.05, 3.63) is 65.2 Å². The largest absolute Gasteiger partial charge is 0.416 e. The van der Waals surface area contributed by atoms with E-state index in [1.807, 2.05) is 0 Å². The second-order valence-electron chi connectivity index (χ2n) is 7.56. The molecule has 1 fully saturated rings. The summed E-state index contributed by atoms with van der Waals surface area (Å²) in [5.74, 6) is -0.987. The van der Waals surface area contributed by atoms with Crippen molar-refractivity contribution in [3.8, 4) is 0 Å². The van der Waals surface area contributed by atoms with Crippen molar-refractivity contribution in [1.29, 1.82) is 0 Å². The van der Waals surface area contributed by atoms with Gasteiger partial charge in [-0.15, -0.1) is 0 Å². The van der Waals surface area contributed by atoms with Crippen LogP contribution in [0.15, 0.2) is 53.4 Å². The number of amides is 1. The van der Waals surface area contributed by atoms with Gasteiger partial charge in [-0.1, -0.05) is 18.2 Å². The Morgan fingerprint density at radius 3 is 2.34 bits per heavy atom. The number of rotatable bonds is 6. The molecule has 174 valence electrons. The Morgan fingerprint density at radius 1 is 1.12 bits per heavy atom. The summed E-state index contributed by atoms with van der Waals surface area (Å²) in [4.78, 5) is 12.4. The van der Waals surface area contributed by atoms with Gasteiger partial charge in [-0.25, -0.2) is 21.6 Å². The summed E-state index contributed by atoms with van der Waals surface area (Å²) in [5.41, 5.74) is -0.329. The van der Waals surface area contributed by atoms with E-state index in [-0.39, 0.29) is 28.4 Å². The van der Waals surface area contributed by atoms with E-state index in [9.17, 15) is 34.8 Å². The Labute approximate surface area is 184 Å². The van der Waals surface area contributed by atoms with E-state index < -0.39 is 49.6 Å². The van der Waals surface area contributed by atoms with Gasteiger partial charge in [0.05, 0.1) is 28.0 Å². The minimum Gasteiger partial charge on any atom is -0.346 e. The Balaban J connectivity index is 1.71. The summed E-state index contributed by atoms with van der Waals surface area (Å²) in [6.07, 6.45) is -4.29. The third-order valence-electron chi connectivity index (χ3n) is 5.05. The molecule has 2 atom stereocenters. The van der Waals surface area contributed by atoms with Crippen LogP contribution < -0.4 is 10.0 Å². The predicted octanol–water partition coefficient (Wildman–Crippen LogP) is 2.66. The first-order valence-electron chi connectivity index (χ1n) is 9.58. The first-order chi connectivity index (χ1) is 14.8. The molecule has 2 aromatic carbocycles. The summed E-state index contributed by atoms with van der Waals surface area (Å²) < 4.78 is 88.7. The van der Waals surface area contributed by atoms with Crippen molar-refractivity contribution in [2.45, 2.75) is 36.5 Å². The van der Waals surface area contributed by atoms with Crippen LogP contribution in [0.2, 0.25) is 0 Å². The molecule has 32 heavy (non-hydrogen) atoms. The van der Waals surface area contributed by atoms with Crippen LogP contribution in [-0.4, -0.2) is 40.3 Å². The van der Waals surface area contributed by atoms with E-state index in [1.165, 1.54) is 30.3 Å². The summed E-state index contributed by atoms with van der Waals surface area (Å²) >= 11 is 0. The maximum absolute atomic E-state index is 12.7. The molecule has 0 spiro atoms. The molecule has 12 heteroatoms. The lowest BCUT2D eigenvalue weighted by Gasteiger charge is -2.16. The number of carbonyl (C=O) groups is 1. The fourth-order valence-electron chi connectivity index (χ4n) is 3.30. The van der Waals surface area contributed by atoms with Gasteiger partial charge in [0, 0.05) is 11.6 Å². The standard InChI is InChI=1S/C20H21F3N2O5S2/c1-13(14-5-7-16(8-6-14)20(21,22)23)24-19(26)15-3-2-4-18(11-15)32(29,30)25-17-9-10-31(27,28)12-17/h2-8,11,13,17,25H,9-10,12H2,1H3,(H,24,26). The number of sulfonamides is 1. The molecule has 7 nitrogen and oxygen atoms in total. The summed E-state index contributed by atoms with van der Waals surface area (Å²) in [6.45, 7) is 1.59. The molecule has 2 aromatic rings. The fourth-order valence-corrected chi connectivity index (χ4v) is 6.40. The molecule has 1 heterocycles. The van der Waals surface area contributed by atoms with Gasteiger partial charge in [-0.05, 0) is 49.2 Å². The van der Waals surface area contributed by atoms with E-state index in [0.29, 0.717) is 5.56 Å². The number of halogens is 3. The van der Waals surface area contributed by atoms with Crippen LogP contribution in [0.4, 0.5) is 13.2 Å². The average molecular weight is 491 g/mol. The number of sulfone groups is 1. The number of alkyl halides is 3. The highest BCUT2D eigenvalue weighted by Gasteiger charge is 2.32. The van der Waals surface area contributed by atoms with Crippen molar-refractivity contribution in [2.75, 3.05) is 11.5 Å². The molecule has 2 unspecified atom stereocenters. The quantitative estimate of drug-likeness (QED) is 0.647. The molecular formula is C20H21F3N2O5S2. The molecule has 1 saturated heterocycles. The Bertz CT molecular complexity index is 1210. The molecule has 2 N–H and O–H groups in total. The summed E-state index contributed by atoms with van der Waals surface area (Å²) in [5, 5.41) is 2.62. The maximum Gasteiger partial charge on any atom is 0.416 e. The van der Waals surface area contributed by atoms with Gasteiger partial charge < -0.3 is 5.32 Å². The average Bonchev–Trinajstić information content (AvgIpc) is 3.05. The molecular weight excluding hydrogens is 469 g/mol. The second-order valence-corrected chi connectivity index (χ2v) is 11.5. The van der Waals surface area contributed by atoms with Crippen molar-refractivity contribution in [2.24, 2.45) is 0 Å². The van der Waals surface area contributed by atoms with Crippen molar-refractivity contribution in [1.82, 2.24) is 10.0 Å². The zero-order chi connectivity index (χ0) is 23.7. The smallest absolute Gasteiger partial charge is 0.346 e. The highest BCUT2D eigenvalue weighted by molar-refractivity contribution is 7.92. The topological polar surface area (TPSA) is 109 Å². The molecule has 0 radical (unpaired) electrons. The zero-order valence-corrected chi connectivity index (χ0v) is 18.5. The molecule has 0 saturated carbocycles. The lowest BCUT2D eigenvalue weighted by atomic mass is 10.1. The lowest BCUT2D eigenvalue weighted by Crippen LogP contribution is -2.35.